The van der Waals surface area contributed by atoms with E-state index in [0.717, 1.165) is 0 Å². The van der Waals surface area contributed by atoms with E-state index in [1.165, 1.54) is 38.2 Å². The highest BCUT2D eigenvalue weighted by atomic mass is 16.5. The molecule has 0 spiro atoms. The molecule has 0 saturated heterocycles. The third-order valence-corrected chi connectivity index (χ3v) is 2.49. The number of rotatable bonds is 3. The van der Waals surface area contributed by atoms with E-state index < -0.39 is 0 Å². The highest BCUT2D eigenvalue weighted by molar-refractivity contribution is 5.82. The summed E-state index contributed by atoms with van der Waals surface area (Å²) in [7, 11) is 0. The Balaban J connectivity index is 2.21. The molecule has 0 radical (unpaired) electrons. The maximum Gasteiger partial charge on any atom is 0.335 e. The Morgan fingerprint density at radius 1 is 1.29 bits per heavy atom. The molecule has 0 amide bonds. The van der Waals surface area contributed by atoms with Gasteiger partial charge in [-0.15, -0.1) is 0 Å². The number of carbonyl (C=O) groups is 1. The first kappa shape index (κ1) is 11.0. The molecule has 0 aromatic rings. The van der Waals surface area contributed by atoms with Crippen LogP contribution in [0.5, 0.6) is 0 Å². The molecule has 2 nitrogen and oxygen atoms in total. The molecule has 78 valence electrons. The van der Waals surface area contributed by atoms with Crippen molar-refractivity contribution in [3.05, 3.63) is 24.5 Å². The van der Waals surface area contributed by atoms with E-state index in [1.54, 1.807) is 19.3 Å². The van der Waals surface area contributed by atoms with Gasteiger partial charge in [0.25, 0.3) is 0 Å². The molecule has 14 heavy (non-hydrogen) atoms. The molecule has 0 atom stereocenters. The quantitative estimate of drug-likeness (QED) is 0.392. The van der Waals surface area contributed by atoms with Gasteiger partial charge in [0.1, 0.15) is 0 Å². The first-order valence-corrected chi connectivity index (χ1v) is 5.33. The lowest BCUT2D eigenvalue weighted by Gasteiger charge is -2.17. The molecule has 0 aromatic heterocycles. The Labute approximate surface area is 85.6 Å². The number of ether oxygens (including phenoxy) is 1. The average Bonchev–Trinajstić information content (AvgIpc) is 2.20. The van der Waals surface area contributed by atoms with Gasteiger partial charge in [0.05, 0.1) is 6.26 Å². The maximum absolute atomic E-state index is 10.9. The summed E-state index contributed by atoms with van der Waals surface area (Å²) < 4.78 is 4.88. The normalized spacial score (nSPS) is 19.2. The van der Waals surface area contributed by atoms with Crippen LogP contribution < -0.4 is 0 Å². The minimum atomic E-state index is -0.292. The summed E-state index contributed by atoms with van der Waals surface area (Å²) in [5.74, 6) is 0.321. The molecule has 1 aliphatic rings. The van der Waals surface area contributed by atoms with Gasteiger partial charge in [-0.1, -0.05) is 25.3 Å². The molecular formula is C12H18O2. The molecule has 1 saturated carbocycles. The van der Waals surface area contributed by atoms with E-state index >= 15 is 0 Å². The van der Waals surface area contributed by atoms with Crippen LogP contribution in [-0.4, -0.2) is 5.97 Å². The second-order valence-corrected chi connectivity index (χ2v) is 3.66. The highest BCUT2D eigenvalue weighted by Crippen LogP contribution is 2.24. The Morgan fingerprint density at radius 3 is 2.64 bits per heavy atom. The first-order valence-electron chi connectivity index (χ1n) is 5.33. The summed E-state index contributed by atoms with van der Waals surface area (Å²) in [6.45, 7) is 1.80. The summed E-state index contributed by atoms with van der Waals surface area (Å²) in [5.41, 5.74) is 0. The Bertz CT molecular complexity index is 222. The lowest BCUT2D eigenvalue weighted by atomic mass is 9.89. The van der Waals surface area contributed by atoms with Crippen LogP contribution in [0.25, 0.3) is 0 Å². The fraction of sp³-hybridized carbons (Fsp3) is 0.583. The molecular weight excluding hydrogens is 176 g/mol. The summed E-state index contributed by atoms with van der Waals surface area (Å²) in [5, 5.41) is 0. The third kappa shape index (κ3) is 4.26. The second-order valence-electron chi connectivity index (χ2n) is 3.66. The number of carbonyl (C=O) groups excluding carboxylic acids is 1. The molecule has 1 rings (SSSR count). The van der Waals surface area contributed by atoms with Gasteiger partial charge in [0.2, 0.25) is 0 Å². The van der Waals surface area contributed by atoms with E-state index in [1.807, 2.05) is 6.08 Å². The van der Waals surface area contributed by atoms with Crippen molar-refractivity contribution in [1.82, 2.24) is 0 Å². The fourth-order valence-electron chi connectivity index (χ4n) is 1.72. The Hall–Kier alpha value is -1.05. The number of hydrogen-bond acceptors (Lipinski definition) is 2. The molecule has 0 heterocycles. The average molecular weight is 194 g/mol. The molecule has 1 aliphatic carbocycles. The van der Waals surface area contributed by atoms with Crippen LogP contribution in [-0.2, 0) is 9.53 Å². The van der Waals surface area contributed by atoms with Crippen LogP contribution in [0.1, 0.15) is 39.0 Å². The maximum atomic E-state index is 10.9. The van der Waals surface area contributed by atoms with Crippen molar-refractivity contribution in [3.63, 3.8) is 0 Å². The van der Waals surface area contributed by atoms with Crippen molar-refractivity contribution < 1.29 is 9.53 Å². The standard InChI is InChI=1S/C12H18O2/c1-2-6-12(13)14-10-9-11-7-4-3-5-8-11/h2,6,9-11H,3-5,7-8H2,1H3. The third-order valence-electron chi connectivity index (χ3n) is 2.49. The predicted molar refractivity (Wildman–Crippen MR) is 56.6 cm³/mol. The van der Waals surface area contributed by atoms with Crippen LogP contribution in [0, 0.1) is 5.92 Å². The minimum Gasteiger partial charge on any atom is -0.432 e. The summed E-state index contributed by atoms with van der Waals surface area (Å²) in [4.78, 5) is 10.9. The highest BCUT2D eigenvalue weighted by Gasteiger charge is 2.09. The minimum absolute atomic E-state index is 0.292. The lowest BCUT2D eigenvalue weighted by molar-refractivity contribution is -0.132. The van der Waals surface area contributed by atoms with E-state index in [0.29, 0.717) is 5.92 Å². The van der Waals surface area contributed by atoms with Crippen molar-refractivity contribution in [2.45, 2.75) is 39.0 Å². The monoisotopic (exact) mass is 194 g/mol. The van der Waals surface area contributed by atoms with Crippen molar-refractivity contribution in [2.24, 2.45) is 5.92 Å². The van der Waals surface area contributed by atoms with Crippen molar-refractivity contribution in [1.29, 1.82) is 0 Å². The van der Waals surface area contributed by atoms with Gasteiger partial charge in [0, 0.05) is 6.08 Å². The topological polar surface area (TPSA) is 26.3 Å². The van der Waals surface area contributed by atoms with E-state index in [9.17, 15) is 4.79 Å². The second kappa shape index (κ2) is 6.41. The van der Waals surface area contributed by atoms with E-state index in [2.05, 4.69) is 0 Å². The van der Waals surface area contributed by atoms with Gasteiger partial charge in [-0.3, -0.25) is 0 Å². The van der Waals surface area contributed by atoms with Gasteiger partial charge < -0.3 is 4.74 Å². The molecule has 0 aliphatic heterocycles. The molecule has 0 aromatic carbocycles. The summed E-state index contributed by atoms with van der Waals surface area (Å²) >= 11 is 0. The van der Waals surface area contributed by atoms with Crippen LogP contribution in [0.3, 0.4) is 0 Å². The molecule has 2 heteroatoms. The smallest absolute Gasteiger partial charge is 0.335 e. The molecule has 0 N–H and O–H groups in total. The van der Waals surface area contributed by atoms with Gasteiger partial charge >= 0.3 is 5.97 Å². The van der Waals surface area contributed by atoms with Gasteiger partial charge in [-0.2, -0.15) is 0 Å². The van der Waals surface area contributed by atoms with Crippen LogP contribution >= 0.6 is 0 Å². The van der Waals surface area contributed by atoms with Crippen LogP contribution in [0.2, 0.25) is 0 Å². The van der Waals surface area contributed by atoms with Gasteiger partial charge in [-0.05, 0) is 31.8 Å². The number of esters is 1. The molecule has 0 unspecified atom stereocenters. The fourth-order valence-corrected chi connectivity index (χ4v) is 1.72. The number of hydrogen-bond donors (Lipinski definition) is 0. The lowest BCUT2D eigenvalue weighted by Crippen LogP contribution is -2.03. The zero-order chi connectivity index (χ0) is 10.2. The van der Waals surface area contributed by atoms with E-state index in [-0.39, 0.29) is 5.97 Å². The summed E-state index contributed by atoms with van der Waals surface area (Å²) in [6, 6.07) is 0. The van der Waals surface area contributed by atoms with Crippen LogP contribution in [0.15, 0.2) is 24.5 Å². The number of allylic oxidation sites excluding steroid dienone is 2. The summed E-state index contributed by atoms with van der Waals surface area (Å²) in [6.07, 6.45) is 13.1. The van der Waals surface area contributed by atoms with Crippen molar-refractivity contribution in [2.75, 3.05) is 0 Å². The zero-order valence-corrected chi connectivity index (χ0v) is 8.74. The van der Waals surface area contributed by atoms with Crippen LogP contribution in [0.4, 0.5) is 0 Å². The SMILES string of the molecule is CC=CC(=O)OC=CC1CCCCC1. The van der Waals surface area contributed by atoms with Crippen molar-refractivity contribution in [3.8, 4) is 0 Å². The van der Waals surface area contributed by atoms with E-state index in [4.69, 9.17) is 4.74 Å². The van der Waals surface area contributed by atoms with Gasteiger partial charge in [0.15, 0.2) is 0 Å². The molecule has 1 fully saturated rings. The van der Waals surface area contributed by atoms with Crippen molar-refractivity contribution >= 4 is 5.97 Å². The predicted octanol–water partition coefficient (Wildman–Crippen LogP) is 3.20. The first-order chi connectivity index (χ1) is 6.83. The zero-order valence-electron chi connectivity index (χ0n) is 8.74. The molecule has 0 bridgehead atoms. The van der Waals surface area contributed by atoms with Gasteiger partial charge in [-0.25, -0.2) is 4.79 Å². The Kier molecular flexibility index (Phi) is 5.05. The largest absolute Gasteiger partial charge is 0.432 e. The Morgan fingerprint density at radius 2 is 2.00 bits per heavy atom.